The van der Waals surface area contributed by atoms with Crippen molar-refractivity contribution in [1.29, 1.82) is 0 Å². The van der Waals surface area contributed by atoms with E-state index in [1.807, 2.05) is 18.2 Å². The first-order valence-electron chi connectivity index (χ1n) is 11.0. The normalized spacial score (nSPS) is 15.0. The van der Waals surface area contributed by atoms with Crippen LogP contribution in [0.15, 0.2) is 72.9 Å². The fourth-order valence-electron chi connectivity index (χ4n) is 2.46. The number of carbonyl (C=O) groups is 1. The molecule has 1 unspecified atom stereocenters. The molecule has 3 heteroatoms. The lowest BCUT2D eigenvalue weighted by atomic mass is 9.98. The first-order valence-corrected chi connectivity index (χ1v) is 11.0. The van der Waals surface area contributed by atoms with Crippen LogP contribution in [-0.2, 0) is 4.79 Å². The molecule has 0 rings (SSSR count). The Hall–Kier alpha value is -2.13. The Labute approximate surface area is 178 Å². The number of unbranched alkanes of at least 4 members (excludes halogenated alkanes) is 4. The summed E-state index contributed by atoms with van der Waals surface area (Å²) < 4.78 is 0. The number of rotatable bonds is 16. The van der Waals surface area contributed by atoms with Crippen molar-refractivity contribution in [3.05, 3.63) is 72.9 Å². The van der Waals surface area contributed by atoms with Crippen LogP contribution < -0.4 is 5.32 Å². The lowest BCUT2D eigenvalue weighted by Crippen LogP contribution is -2.40. The molecule has 0 aliphatic carbocycles. The van der Waals surface area contributed by atoms with Gasteiger partial charge >= 0.3 is 0 Å². The highest BCUT2D eigenvalue weighted by Crippen LogP contribution is 2.13. The Balaban J connectivity index is 3.88. The molecule has 0 radical (unpaired) electrons. The van der Waals surface area contributed by atoms with Gasteiger partial charge in [-0.15, -0.1) is 0 Å². The Bertz CT molecular complexity index is 578. The largest absolute Gasteiger partial charge is 0.388 e. The Morgan fingerprint density at radius 1 is 0.793 bits per heavy atom. The summed E-state index contributed by atoms with van der Waals surface area (Å²) in [6.45, 7) is 6.36. The molecular weight excluding hydrogens is 358 g/mol. The summed E-state index contributed by atoms with van der Waals surface area (Å²) in [6, 6.07) is 0. The zero-order chi connectivity index (χ0) is 21.6. The SMILES string of the molecule is CCCC=CC=CC=CCCC=CC=CC=CC(=O)NCC(C)(O)CCCCC. The van der Waals surface area contributed by atoms with Crippen molar-refractivity contribution >= 4 is 5.91 Å². The zero-order valence-electron chi connectivity index (χ0n) is 18.6. The summed E-state index contributed by atoms with van der Waals surface area (Å²) in [7, 11) is 0. The van der Waals surface area contributed by atoms with Crippen LogP contribution in [0, 0.1) is 0 Å². The molecule has 0 aliphatic rings. The molecule has 0 spiro atoms. The molecular formula is C26H41NO2. The Morgan fingerprint density at radius 3 is 1.90 bits per heavy atom. The van der Waals surface area contributed by atoms with Crippen LogP contribution >= 0.6 is 0 Å². The second-order valence-electron chi connectivity index (χ2n) is 7.45. The van der Waals surface area contributed by atoms with E-state index in [9.17, 15) is 9.90 Å². The van der Waals surface area contributed by atoms with Crippen LogP contribution in [0.5, 0.6) is 0 Å². The standard InChI is InChI=1S/C26H41NO2/c1-4-6-8-9-10-11-12-13-14-15-16-17-18-19-20-22-25(28)27-24-26(3,29)23-21-7-5-2/h8-13,16-20,22,29H,4-7,14-15,21,23-24H2,1-3H3,(H,27,28). The van der Waals surface area contributed by atoms with Gasteiger partial charge in [-0.3, -0.25) is 4.79 Å². The molecule has 1 amide bonds. The lowest BCUT2D eigenvalue weighted by Gasteiger charge is -2.23. The van der Waals surface area contributed by atoms with Gasteiger partial charge in [0, 0.05) is 12.6 Å². The highest BCUT2D eigenvalue weighted by atomic mass is 16.3. The van der Waals surface area contributed by atoms with Gasteiger partial charge in [-0.05, 0) is 32.6 Å². The molecule has 0 aromatic heterocycles. The van der Waals surface area contributed by atoms with Gasteiger partial charge in [0.05, 0.1) is 5.60 Å². The van der Waals surface area contributed by atoms with E-state index in [1.165, 1.54) is 12.5 Å². The van der Waals surface area contributed by atoms with E-state index in [4.69, 9.17) is 0 Å². The van der Waals surface area contributed by atoms with Crippen molar-refractivity contribution in [2.75, 3.05) is 6.54 Å². The van der Waals surface area contributed by atoms with Gasteiger partial charge in [-0.2, -0.15) is 0 Å². The maximum atomic E-state index is 11.8. The monoisotopic (exact) mass is 399 g/mol. The van der Waals surface area contributed by atoms with Crippen LogP contribution in [0.4, 0.5) is 0 Å². The van der Waals surface area contributed by atoms with Crippen molar-refractivity contribution in [1.82, 2.24) is 5.32 Å². The average molecular weight is 400 g/mol. The third-order valence-corrected chi connectivity index (χ3v) is 4.24. The second kappa shape index (κ2) is 19.2. The minimum atomic E-state index is -0.840. The molecule has 0 aromatic carbocycles. The molecule has 1 atom stereocenters. The molecule has 0 aliphatic heterocycles. The van der Waals surface area contributed by atoms with Crippen molar-refractivity contribution in [3.63, 3.8) is 0 Å². The smallest absolute Gasteiger partial charge is 0.244 e. The van der Waals surface area contributed by atoms with Gasteiger partial charge in [0.25, 0.3) is 0 Å². The summed E-state index contributed by atoms with van der Waals surface area (Å²) >= 11 is 0. The molecule has 0 aromatic rings. The van der Waals surface area contributed by atoms with Gasteiger partial charge in [0.2, 0.25) is 5.91 Å². The molecule has 0 fully saturated rings. The van der Waals surface area contributed by atoms with E-state index >= 15 is 0 Å². The topological polar surface area (TPSA) is 49.3 Å². The fraction of sp³-hybridized carbons (Fsp3) is 0.500. The van der Waals surface area contributed by atoms with E-state index in [1.54, 1.807) is 13.0 Å². The molecule has 0 saturated carbocycles. The predicted molar refractivity (Wildman–Crippen MR) is 127 cm³/mol. The van der Waals surface area contributed by atoms with Gasteiger partial charge in [-0.1, -0.05) is 106 Å². The molecule has 3 nitrogen and oxygen atoms in total. The van der Waals surface area contributed by atoms with Gasteiger partial charge in [0.1, 0.15) is 0 Å². The molecule has 162 valence electrons. The quantitative estimate of drug-likeness (QED) is 0.180. The first kappa shape index (κ1) is 26.9. The van der Waals surface area contributed by atoms with Gasteiger partial charge < -0.3 is 10.4 Å². The van der Waals surface area contributed by atoms with Crippen LogP contribution in [0.3, 0.4) is 0 Å². The second-order valence-corrected chi connectivity index (χ2v) is 7.45. The predicted octanol–water partition coefficient (Wildman–Crippen LogP) is 6.35. The van der Waals surface area contributed by atoms with E-state index in [0.717, 1.165) is 38.5 Å². The van der Waals surface area contributed by atoms with Gasteiger partial charge in [-0.25, -0.2) is 0 Å². The third-order valence-electron chi connectivity index (χ3n) is 4.24. The molecule has 0 heterocycles. The summed E-state index contributed by atoms with van der Waals surface area (Å²) in [5, 5.41) is 13.0. The number of hydrogen-bond acceptors (Lipinski definition) is 2. The number of allylic oxidation sites excluding steroid dienone is 11. The molecule has 29 heavy (non-hydrogen) atoms. The summed E-state index contributed by atoms with van der Waals surface area (Å²) in [5.41, 5.74) is -0.840. The fourth-order valence-corrected chi connectivity index (χ4v) is 2.46. The minimum absolute atomic E-state index is 0.183. The van der Waals surface area contributed by atoms with Gasteiger partial charge in [0.15, 0.2) is 0 Å². The molecule has 2 N–H and O–H groups in total. The number of aliphatic hydroxyl groups is 1. The lowest BCUT2D eigenvalue weighted by molar-refractivity contribution is -0.117. The van der Waals surface area contributed by atoms with E-state index in [-0.39, 0.29) is 12.5 Å². The van der Waals surface area contributed by atoms with E-state index in [2.05, 4.69) is 61.7 Å². The molecule has 0 bridgehead atoms. The summed E-state index contributed by atoms with van der Waals surface area (Å²) in [4.78, 5) is 11.8. The van der Waals surface area contributed by atoms with Crippen molar-refractivity contribution in [2.45, 2.75) is 77.7 Å². The van der Waals surface area contributed by atoms with Crippen LogP contribution in [0.2, 0.25) is 0 Å². The highest BCUT2D eigenvalue weighted by Gasteiger charge is 2.19. The molecule has 0 saturated heterocycles. The average Bonchev–Trinajstić information content (AvgIpc) is 2.69. The maximum Gasteiger partial charge on any atom is 0.244 e. The summed E-state index contributed by atoms with van der Waals surface area (Å²) in [5.74, 6) is -0.183. The number of nitrogens with one attached hydrogen (secondary N) is 1. The minimum Gasteiger partial charge on any atom is -0.388 e. The van der Waals surface area contributed by atoms with Crippen LogP contribution in [0.25, 0.3) is 0 Å². The number of hydrogen-bond donors (Lipinski definition) is 2. The van der Waals surface area contributed by atoms with E-state index in [0.29, 0.717) is 6.42 Å². The number of carbonyl (C=O) groups excluding carboxylic acids is 1. The van der Waals surface area contributed by atoms with Crippen LogP contribution in [-0.4, -0.2) is 23.2 Å². The highest BCUT2D eigenvalue weighted by molar-refractivity contribution is 5.87. The van der Waals surface area contributed by atoms with E-state index < -0.39 is 5.60 Å². The van der Waals surface area contributed by atoms with Crippen molar-refractivity contribution < 1.29 is 9.90 Å². The summed E-state index contributed by atoms with van der Waals surface area (Å²) in [6.07, 6.45) is 31.8. The zero-order valence-corrected chi connectivity index (χ0v) is 18.6. The maximum absolute atomic E-state index is 11.8. The van der Waals surface area contributed by atoms with Crippen molar-refractivity contribution in [2.24, 2.45) is 0 Å². The Kier molecular flexibility index (Phi) is 17.8. The first-order chi connectivity index (χ1) is 14.0. The van der Waals surface area contributed by atoms with Crippen LogP contribution in [0.1, 0.15) is 72.1 Å². The Morgan fingerprint density at radius 2 is 1.34 bits per heavy atom. The van der Waals surface area contributed by atoms with Crippen molar-refractivity contribution in [3.8, 4) is 0 Å². The number of amides is 1. The third kappa shape index (κ3) is 20.4.